The van der Waals surface area contributed by atoms with Crippen molar-refractivity contribution in [3.8, 4) is 5.75 Å². The van der Waals surface area contributed by atoms with Crippen molar-refractivity contribution in [1.82, 2.24) is 10.3 Å². The smallest absolute Gasteiger partial charge is 0.257 e. The van der Waals surface area contributed by atoms with Gasteiger partial charge >= 0.3 is 0 Å². The molecule has 19 heavy (non-hydrogen) atoms. The van der Waals surface area contributed by atoms with Crippen molar-refractivity contribution in [3.63, 3.8) is 0 Å². The second-order valence-electron chi connectivity index (χ2n) is 4.89. The Labute approximate surface area is 122 Å². The van der Waals surface area contributed by atoms with E-state index in [1.54, 1.807) is 18.3 Å². The molecule has 0 bridgehead atoms. The molecule has 104 valence electrons. The molecule has 0 atom stereocenters. The van der Waals surface area contributed by atoms with Gasteiger partial charge in [0.2, 0.25) is 0 Å². The lowest BCUT2D eigenvalue weighted by atomic mass is 9.89. The van der Waals surface area contributed by atoms with Crippen molar-refractivity contribution in [3.05, 3.63) is 22.9 Å². The van der Waals surface area contributed by atoms with E-state index in [0.717, 1.165) is 6.54 Å². The molecule has 1 heterocycles. The van der Waals surface area contributed by atoms with Crippen molar-refractivity contribution in [2.24, 2.45) is 5.92 Å². The minimum atomic E-state index is -0.0682. The Bertz CT molecular complexity index is 420. The molecule has 0 aromatic carbocycles. The van der Waals surface area contributed by atoms with Gasteiger partial charge in [0, 0.05) is 12.7 Å². The van der Waals surface area contributed by atoms with E-state index in [4.69, 9.17) is 4.74 Å². The van der Waals surface area contributed by atoms with Crippen LogP contribution in [0.3, 0.4) is 0 Å². The van der Waals surface area contributed by atoms with Crippen LogP contribution in [-0.4, -0.2) is 24.0 Å². The number of ether oxygens (including phenoxy) is 1. The number of rotatable bonds is 5. The predicted octanol–water partition coefficient (Wildman–Crippen LogP) is 2.92. The highest BCUT2D eigenvalue weighted by Gasteiger charge is 2.14. The van der Waals surface area contributed by atoms with E-state index >= 15 is 0 Å². The zero-order valence-corrected chi connectivity index (χ0v) is 12.5. The largest absolute Gasteiger partial charge is 0.481 e. The van der Waals surface area contributed by atoms with Gasteiger partial charge in [-0.2, -0.15) is 0 Å². The summed E-state index contributed by atoms with van der Waals surface area (Å²) in [6, 6.07) is 3.56. The summed E-state index contributed by atoms with van der Waals surface area (Å²) in [5, 5.41) is 2.94. The minimum Gasteiger partial charge on any atom is -0.481 e. The fourth-order valence-electron chi connectivity index (χ4n) is 2.32. The predicted molar refractivity (Wildman–Crippen MR) is 77.0 cm³/mol. The number of amides is 1. The average molecular weight is 327 g/mol. The highest BCUT2D eigenvalue weighted by molar-refractivity contribution is 9.10. The molecule has 0 radical (unpaired) electrons. The second-order valence-corrected chi connectivity index (χ2v) is 5.64. The Balaban J connectivity index is 1.68. The lowest BCUT2D eigenvalue weighted by Gasteiger charge is -2.21. The molecule has 1 fully saturated rings. The van der Waals surface area contributed by atoms with Crippen LogP contribution in [0, 0.1) is 5.92 Å². The standard InChI is InChI=1S/C14H19BrN2O2/c15-14-12(7-4-8-16-14)19-10-13(18)17-9-11-5-2-1-3-6-11/h4,7-8,11H,1-3,5-6,9-10H2,(H,17,18). The maximum Gasteiger partial charge on any atom is 0.257 e. The van der Waals surface area contributed by atoms with Gasteiger partial charge in [0.1, 0.15) is 4.60 Å². The van der Waals surface area contributed by atoms with Crippen LogP contribution in [0.1, 0.15) is 32.1 Å². The summed E-state index contributed by atoms with van der Waals surface area (Å²) in [5.41, 5.74) is 0. The first kappa shape index (κ1) is 14.3. The number of pyridine rings is 1. The number of carbonyl (C=O) groups is 1. The minimum absolute atomic E-state index is 0.0387. The molecule has 1 aromatic rings. The number of hydrogen-bond acceptors (Lipinski definition) is 3. The number of carbonyl (C=O) groups excluding carboxylic acids is 1. The fourth-order valence-corrected chi connectivity index (χ4v) is 2.69. The molecule has 4 nitrogen and oxygen atoms in total. The zero-order valence-electron chi connectivity index (χ0n) is 10.9. The van der Waals surface area contributed by atoms with Crippen molar-refractivity contribution < 1.29 is 9.53 Å². The Morgan fingerprint density at radius 1 is 1.42 bits per heavy atom. The molecule has 0 spiro atoms. The van der Waals surface area contributed by atoms with E-state index in [1.807, 2.05) is 0 Å². The third-order valence-corrected chi connectivity index (χ3v) is 3.99. The van der Waals surface area contributed by atoms with Gasteiger partial charge < -0.3 is 10.1 Å². The van der Waals surface area contributed by atoms with Crippen molar-refractivity contribution in [2.45, 2.75) is 32.1 Å². The van der Waals surface area contributed by atoms with Gasteiger partial charge in [-0.15, -0.1) is 0 Å². The summed E-state index contributed by atoms with van der Waals surface area (Å²) in [7, 11) is 0. The average Bonchev–Trinajstić information content (AvgIpc) is 2.45. The van der Waals surface area contributed by atoms with Crippen LogP contribution in [-0.2, 0) is 4.79 Å². The summed E-state index contributed by atoms with van der Waals surface area (Å²) in [6.07, 6.45) is 8.05. The summed E-state index contributed by atoms with van der Waals surface area (Å²) < 4.78 is 6.04. The molecular formula is C14H19BrN2O2. The summed E-state index contributed by atoms with van der Waals surface area (Å²) >= 11 is 3.28. The van der Waals surface area contributed by atoms with Crippen LogP contribution in [0.5, 0.6) is 5.75 Å². The molecule has 5 heteroatoms. The normalized spacial score (nSPS) is 16.1. The lowest BCUT2D eigenvalue weighted by Crippen LogP contribution is -2.33. The molecule has 1 N–H and O–H groups in total. The molecule has 1 aromatic heterocycles. The van der Waals surface area contributed by atoms with Crippen molar-refractivity contribution in [1.29, 1.82) is 0 Å². The molecule has 2 rings (SSSR count). The van der Waals surface area contributed by atoms with Crippen LogP contribution in [0.25, 0.3) is 0 Å². The molecule has 1 saturated carbocycles. The molecule has 1 aliphatic rings. The third-order valence-electron chi connectivity index (χ3n) is 3.40. The summed E-state index contributed by atoms with van der Waals surface area (Å²) in [6.45, 7) is 0.813. The topological polar surface area (TPSA) is 51.2 Å². The number of hydrogen-bond donors (Lipinski definition) is 1. The Morgan fingerprint density at radius 2 is 2.21 bits per heavy atom. The van der Waals surface area contributed by atoms with Gasteiger partial charge in [0.25, 0.3) is 5.91 Å². The third kappa shape index (κ3) is 4.82. The van der Waals surface area contributed by atoms with E-state index in [-0.39, 0.29) is 12.5 Å². The van der Waals surface area contributed by atoms with Gasteiger partial charge in [-0.3, -0.25) is 4.79 Å². The van der Waals surface area contributed by atoms with Crippen LogP contribution >= 0.6 is 15.9 Å². The molecule has 1 amide bonds. The first-order chi connectivity index (χ1) is 9.25. The summed E-state index contributed by atoms with van der Waals surface area (Å²) in [5.74, 6) is 1.17. The van der Waals surface area contributed by atoms with Crippen LogP contribution in [0.4, 0.5) is 0 Å². The first-order valence-electron chi connectivity index (χ1n) is 6.75. The fraction of sp³-hybridized carbons (Fsp3) is 0.571. The molecule has 0 unspecified atom stereocenters. The van der Waals surface area contributed by atoms with E-state index in [2.05, 4.69) is 26.2 Å². The molecule has 1 aliphatic carbocycles. The number of nitrogens with one attached hydrogen (secondary N) is 1. The van der Waals surface area contributed by atoms with Gasteiger partial charge in [0.05, 0.1) is 0 Å². The van der Waals surface area contributed by atoms with Crippen molar-refractivity contribution >= 4 is 21.8 Å². The van der Waals surface area contributed by atoms with Gasteiger partial charge in [-0.1, -0.05) is 19.3 Å². The SMILES string of the molecule is O=C(COc1cccnc1Br)NCC1CCCCC1. The van der Waals surface area contributed by atoms with E-state index in [0.29, 0.717) is 16.3 Å². The molecule has 0 saturated heterocycles. The first-order valence-corrected chi connectivity index (χ1v) is 7.55. The highest BCUT2D eigenvalue weighted by atomic mass is 79.9. The van der Waals surface area contributed by atoms with Gasteiger partial charge in [-0.25, -0.2) is 4.98 Å². The Hall–Kier alpha value is -1.10. The number of halogens is 1. The van der Waals surface area contributed by atoms with E-state index in [1.165, 1.54) is 32.1 Å². The van der Waals surface area contributed by atoms with Crippen LogP contribution in [0.2, 0.25) is 0 Å². The Kier molecular flexibility index (Phi) is 5.63. The molecule has 0 aliphatic heterocycles. The van der Waals surface area contributed by atoms with Gasteiger partial charge in [-0.05, 0) is 46.8 Å². The second kappa shape index (κ2) is 7.48. The quantitative estimate of drug-likeness (QED) is 0.846. The molecular weight excluding hydrogens is 308 g/mol. The maximum absolute atomic E-state index is 11.7. The Morgan fingerprint density at radius 3 is 2.95 bits per heavy atom. The number of nitrogens with zero attached hydrogens (tertiary/aromatic N) is 1. The lowest BCUT2D eigenvalue weighted by molar-refractivity contribution is -0.123. The highest BCUT2D eigenvalue weighted by Crippen LogP contribution is 2.23. The monoisotopic (exact) mass is 326 g/mol. The van der Waals surface area contributed by atoms with Crippen molar-refractivity contribution in [2.75, 3.05) is 13.2 Å². The summed E-state index contributed by atoms with van der Waals surface area (Å²) in [4.78, 5) is 15.7. The van der Waals surface area contributed by atoms with Crippen LogP contribution in [0.15, 0.2) is 22.9 Å². The van der Waals surface area contributed by atoms with Crippen LogP contribution < -0.4 is 10.1 Å². The van der Waals surface area contributed by atoms with Gasteiger partial charge in [0.15, 0.2) is 12.4 Å². The zero-order chi connectivity index (χ0) is 13.5. The number of aromatic nitrogens is 1. The van der Waals surface area contributed by atoms with E-state index in [9.17, 15) is 4.79 Å². The maximum atomic E-state index is 11.7. The van der Waals surface area contributed by atoms with E-state index < -0.39 is 0 Å².